The van der Waals surface area contributed by atoms with E-state index in [0.717, 1.165) is 33.5 Å². The summed E-state index contributed by atoms with van der Waals surface area (Å²) in [6.07, 6.45) is 3.53. The van der Waals surface area contributed by atoms with Gasteiger partial charge in [0.25, 0.3) is 0 Å². The summed E-state index contributed by atoms with van der Waals surface area (Å²) < 4.78 is 4.66. The Bertz CT molecular complexity index is 2230. The third-order valence-corrected chi connectivity index (χ3v) is 7.87. The number of hydrogen-bond acceptors (Lipinski definition) is 2. The second kappa shape index (κ2) is 8.69. The summed E-state index contributed by atoms with van der Waals surface area (Å²) >= 11 is 0. The topological polar surface area (TPSA) is 46.5 Å². The number of benzene rings is 5. The molecule has 0 radical (unpaired) electrons. The Hall–Kier alpha value is -5.66. The van der Waals surface area contributed by atoms with Crippen LogP contribution in [0.3, 0.4) is 0 Å². The van der Waals surface area contributed by atoms with Crippen LogP contribution >= 0.6 is 0 Å². The van der Waals surface area contributed by atoms with Crippen LogP contribution in [0, 0.1) is 11.3 Å². The number of rotatable bonds is 3. The molecule has 0 bridgehead atoms. The van der Waals surface area contributed by atoms with Crippen LogP contribution in [0.2, 0.25) is 0 Å². The average molecular weight is 511 g/mol. The van der Waals surface area contributed by atoms with Crippen LogP contribution in [0.4, 0.5) is 0 Å². The molecular formula is C36H22N4. The van der Waals surface area contributed by atoms with Crippen LogP contribution < -0.4 is 0 Å². The zero-order valence-corrected chi connectivity index (χ0v) is 21.5. The van der Waals surface area contributed by atoms with E-state index >= 15 is 0 Å². The van der Waals surface area contributed by atoms with Crippen molar-refractivity contribution in [2.75, 3.05) is 0 Å². The van der Waals surface area contributed by atoms with Crippen molar-refractivity contribution in [1.29, 1.82) is 5.26 Å². The zero-order valence-electron chi connectivity index (χ0n) is 21.5. The van der Waals surface area contributed by atoms with Crippen LogP contribution in [0.1, 0.15) is 5.56 Å². The third kappa shape index (κ3) is 3.22. The van der Waals surface area contributed by atoms with Gasteiger partial charge in [0.2, 0.25) is 0 Å². The lowest BCUT2D eigenvalue weighted by Crippen LogP contribution is -1.97. The number of aromatic nitrogens is 3. The first kappa shape index (κ1) is 22.3. The van der Waals surface area contributed by atoms with E-state index in [1.54, 1.807) is 12.4 Å². The van der Waals surface area contributed by atoms with Crippen molar-refractivity contribution in [3.8, 4) is 28.6 Å². The first-order chi connectivity index (χ1) is 19.8. The van der Waals surface area contributed by atoms with E-state index in [2.05, 4.69) is 117 Å². The molecule has 0 saturated carbocycles. The van der Waals surface area contributed by atoms with Crippen molar-refractivity contribution < 1.29 is 0 Å². The van der Waals surface area contributed by atoms with Crippen molar-refractivity contribution in [2.24, 2.45) is 0 Å². The van der Waals surface area contributed by atoms with E-state index in [0.29, 0.717) is 5.56 Å². The highest BCUT2D eigenvalue weighted by Crippen LogP contribution is 2.37. The summed E-state index contributed by atoms with van der Waals surface area (Å²) in [4.78, 5) is 4.16. The number of nitrogens with zero attached hydrogens (tertiary/aromatic N) is 4. The Morgan fingerprint density at radius 1 is 0.500 bits per heavy atom. The molecule has 0 N–H and O–H groups in total. The molecule has 0 aliphatic rings. The summed E-state index contributed by atoms with van der Waals surface area (Å²) in [7, 11) is 0. The van der Waals surface area contributed by atoms with Gasteiger partial charge in [0.1, 0.15) is 0 Å². The summed E-state index contributed by atoms with van der Waals surface area (Å²) in [6, 6.07) is 44.8. The Kier molecular flexibility index (Phi) is 4.85. The van der Waals surface area contributed by atoms with Gasteiger partial charge in [-0.25, -0.2) is 0 Å². The Morgan fingerprint density at radius 2 is 1.00 bits per heavy atom. The quantitative estimate of drug-likeness (QED) is 0.238. The van der Waals surface area contributed by atoms with Gasteiger partial charge in [0, 0.05) is 50.9 Å². The van der Waals surface area contributed by atoms with Crippen molar-refractivity contribution in [1.82, 2.24) is 14.1 Å². The van der Waals surface area contributed by atoms with Gasteiger partial charge in [-0.3, -0.25) is 4.98 Å². The molecule has 0 amide bonds. The molecule has 0 spiro atoms. The van der Waals surface area contributed by atoms with Gasteiger partial charge in [0.15, 0.2) is 0 Å². The van der Waals surface area contributed by atoms with Crippen LogP contribution in [-0.2, 0) is 0 Å². The lowest BCUT2D eigenvalue weighted by molar-refractivity contribution is 1.16. The van der Waals surface area contributed by atoms with E-state index in [1.807, 2.05) is 24.3 Å². The molecule has 0 aliphatic heterocycles. The fraction of sp³-hybridized carbons (Fsp3) is 0. The third-order valence-electron chi connectivity index (χ3n) is 7.87. The first-order valence-electron chi connectivity index (χ1n) is 13.3. The lowest BCUT2D eigenvalue weighted by atomic mass is 10.0. The standard InChI is InChI=1S/C36H22N4/c37-23-25-13-14-26(21-31(25)24-17-19-38-20-18-24)40-35-12-6-3-9-30(35)32-22-27(15-16-36(32)40)39-33-10-4-1-7-28(33)29-8-2-5-11-34(29)39/h1-22H. The SMILES string of the molecule is N#Cc1ccc(-n2c3ccccc3c3cc(-n4c5ccccc5c5ccccc54)ccc32)cc1-c1ccncc1. The molecule has 186 valence electrons. The van der Waals surface area contributed by atoms with Gasteiger partial charge in [-0.1, -0.05) is 54.6 Å². The van der Waals surface area contributed by atoms with Gasteiger partial charge in [-0.15, -0.1) is 0 Å². The lowest BCUT2D eigenvalue weighted by Gasteiger charge is -2.12. The van der Waals surface area contributed by atoms with E-state index in [-0.39, 0.29) is 0 Å². The van der Waals surface area contributed by atoms with Crippen molar-refractivity contribution in [3.63, 3.8) is 0 Å². The molecule has 4 nitrogen and oxygen atoms in total. The largest absolute Gasteiger partial charge is 0.309 e. The first-order valence-corrected chi connectivity index (χ1v) is 13.3. The Morgan fingerprint density at radius 3 is 1.60 bits per heavy atom. The van der Waals surface area contributed by atoms with E-state index < -0.39 is 0 Å². The van der Waals surface area contributed by atoms with Gasteiger partial charge in [-0.2, -0.15) is 5.26 Å². The fourth-order valence-corrected chi connectivity index (χ4v) is 6.12. The number of pyridine rings is 1. The van der Waals surface area contributed by atoms with Crippen LogP contribution in [-0.4, -0.2) is 14.1 Å². The van der Waals surface area contributed by atoms with Gasteiger partial charge < -0.3 is 9.13 Å². The normalized spacial score (nSPS) is 11.5. The molecule has 0 unspecified atom stereocenters. The maximum atomic E-state index is 9.84. The zero-order chi connectivity index (χ0) is 26.6. The van der Waals surface area contributed by atoms with E-state index in [1.165, 1.54) is 32.6 Å². The minimum absolute atomic E-state index is 0.643. The van der Waals surface area contributed by atoms with Crippen LogP contribution in [0.15, 0.2) is 134 Å². The second-order valence-electron chi connectivity index (χ2n) is 10.0. The molecule has 40 heavy (non-hydrogen) atoms. The molecule has 8 aromatic rings. The summed E-state index contributed by atoms with van der Waals surface area (Å²) in [5.41, 5.74) is 9.30. The molecule has 8 rings (SSSR count). The molecule has 0 atom stereocenters. The molecule has 4 heteroatoms. The maximum absolute atomic E-state index is 9.84. The molecule has 3 heterocycles. The monoisotopic (exact) mass is 510 g/mol. The summed E-state index contributed by atoms with van der Waals surface area (Å²) in [6.45, 7) is 0. The molecule has 0 saturated heterocycles. The fourth-order valence-electron chi connectivity index (χ4n) is 6.12. The maximum Gasteiger partial charge on any atom is 0.0998 e. The molecule has 0 fully saturated rings. The van der Waals surface area contributed by atoms with Crippen molar-refractivity contribution in [2.45, 2.75) is 0 Å². The minimum Gasteiger partial charge on any atom is -0.309 e. The van der Waals surface area contributed by atoms with E-state index in [9.17, 15) is 5.26 Å². The average Bonchev–Trinajstić information content (AvgIpc) is 3.54. The minimum atomic E-state index is 0.643. The Balaban J connectivity index is 1.41. The van der Waals surface area contributed by atoms with Crippen LogP contribution in [0.5, 0.6) is 0 Å². The highest BCUT2D eigenvalue weighted by Gasteiger charge is 2.17. The summed E-state index contributed by atoms with van der Waals surface area (Å²) in [5, 5.41) is 14.7. The van der Waals surface area contributed by atoms with Gasteiger partial charge in [-0.05, 0) is 72.3 Å². The predicted molar refractivity (Wildman–Crippen MR) is 163 cm³/mol. The number of hydrogen-bond donors (Lipinski definition) is 0. The second-order valence-corrected chi connectivity index (χ2v) is 10.0. The number of fused-ring (bicyclic) bond motifs is 6. The predicted octanol–water partition coefficient (Wildman–Crippen LogP) is 8.81. The molecule has 3 aromatic heterocycles. The smallest absolute Gasteiger partial charge is 0.0998 e. The Labute approximate surface area is 230 Å². The molecular weight excluding hydrogens is 488 g/mol. The number of nitriles is 1. The van der Waals surface area contributed by atoms with E-state index in [4.69, 9.17) is 0 Å². The highest BCUT2D eigenvalue weighted by molar-refractivity contribution is 6.12. The summed E-state index contributed by atoms with van der Waals surface area (Å²) in [5.74, 6) is 0. The molecule has 0 aliphatic carbocycles. The van der Waals surface area contributed by atoms with Gasteiger partial charge >= 0.3 is 0 Å². The van der Waals surface area contributed by atoms with Crippen molar-refractivity contribution in [3.05, 3.63) is 139 Å². The van der Waals surface area contributed by atoms with Gasteiger partial charge in [0.05, 0.1) is 33.7 Å². The van der Waals surface area contributed by atoms with Crippen LogP contribution in [0.25, 0.3) is 66.1 Å². The highest BCUT2D eigenvalue weighted by atomic mass is 15.0. The number of para-hydroxylation sites is 3. The van der Waals surface area contributed by atoms with Crippen molar-refractivity contribution >= 4 is 43.6 Å². The molecule has 5 aromatic carbocycles.